The average molecular weight is 261 g/mol. The van der Waals surface area contributed by atoms with Gasteiger partial charge in [0.2, 0.25) is 5.95 Å². The Kier molecular flexibility index (Phi) is 2.37. The zero-order valence-corrected chi connectivity index (χ0v) is 10.5. The van der Waals surface area contributed by atoms with Gasteiger partial charge in [-0.3, -0.25) is 0 Å². The van der Waals surface area contributed by atoms with Crippen LogP contribution in [0.25, 0.3) is 11.2 Å². The summed E-state index contributed by atoms with van der Waals surface area (Å²) in [5.41, 5.74) is 13.5. The highest BCUT2D eigenvalue weighted by molar-refractivity contribution is 7.09. The van der Waals surface area contributed by atoms with Crippen molar-refractivity contribution in [2.24, 2.45) is 0 Å². The van der Waals surface area contributed by atoms with Gasteiger partial charge in [0.15, 0.2) is 11.5 Å². The van der Waals surface area contributed by atoms with Gasteiger partial charge in [0, 0.05) is 5.38 Å². The minimum atomic E-state index is 0.149. The number of hydrogen-bond acceptors (Lipinski definition) is 7. The fourth-order valence-corrected chi connectivity index (χ4v) is 2.36. The van der Waals surface area contributed by atoms with Crippen molar-refractivity contribution in [1.82, 2.24) is 24.5 Å². The Morgan fingerprint density at radius 3 is 2.83 bits per heavy atom. The SMILES string of the molecule is Cc1nc(Cn2cnc3c(N)nc(N)nc32)cs1. The molecule has 0 unspecified atom stereocenters. The number of nitrogens with two attached hydrogens (primary N) is 2. The molecule has 0 bridgehead atoms. The first-order chi connectivity index (χ1) is 8.63. The zero-order chi connectivity index (χ0) is 12.7. The molecule has 7 nitrogen and oxygen atoms in total. The van der Waals surface area contributed by atoms with Crippen LogP contribution >= 0.6 is 11.3 Å². The topological polar surface area (TPSA) is 109 Å². The Bertz CT molecular complexity index is 714. The van der Waals surface area contributed by atoms with E-state index in [1.165, 1.54) is 0 Å². The number of rotatable bonds is 2. The van der Waals surface area contributed by atoms with Gasteiger partial charge in [-0.2, -0.15) is 9.97 Å². The van der Waals surface area contributed by atoms with E-state index in [0.717, 1.165) is 10.7 Å². The molecule has 0 aromatic carbocycles. The van der Waals surface area contributed by atoms with Crippen molar-refractivity contribution in [3.05, 3.63) is 22.4 Å². The van der Waals surface area contributed by atoms with Crippen LogP contribution in [0.15, 0.2) is 11.7 Å². The summed E-state index contributed by atoms with van der Waals surface area (Å²) >= 11 is 1.61. The molecule has 0 saturated carbocycles. The van der Waals surface area contributed by atoms with Crippen molar-refractivity contribution in [3.8, 4) is 0 Å². The van der Waals surface area contributed by atoms with E-state index in [1.807, 2.05) is 16.9 Å². The number of thiazole rings is 1. The third kappa shape index (κ3) is 1.76. The van der Waals surface area contributed by atoms with E-state index >= 15 is 0 Å². The molecule has 0 amide bonds. The highest BCUT2D eigenvalue weighted by Gasteiger charge is 2.11. The predicted molar refractivity (Wildman–Crippen MR) is 70.1 cm³/mol. The molecule has 3 aromatic rings. The predicted octanol–water partition coefficient (Wildman–Crippen LogP) is 0.804. The van der Waals surface area contributed by atoms with Crippen molar-refractivity contribution < 1.29 is 0 Å². The van der Waals surface area contributed by atoms with E-state index in [2.05, 4.69) is 19.9 Å². The largest absolute Gasteiger partial charge is 0.382 e. The van der Waals surface area contributed by atoms with Gasteiger partial charge in [0.05, 0.1) is 23.6 Å². The molecule has 0 saturated heterocycles. The molecule has 0 fully saturated rings. The molecule has 0 aliphatic rings. The van der Waals surface area contributed by atoms with Crippen LogP contribution in [0, 0.1) is 6.92 Å². The van der Waals surface area contributed by atoms with Crippen LogP contribution in [0.4, 0.5) is 11.8 Å². The molecule has 0 spiro atoms. The second kappa shape index (κ2) is 3.91. The van der Waals surface area contributed by atoms with Crippen molar-refractivity contribution in [3.63, 3.8) is 0 Å². The molecule has 3 heterocycles. The van der Waals surface area contributed by atoms with Crippen LogP contribution in [-0.4, -0.2) is 24.5 Å². The molecule has 0 atom stereocenters. The Balaban J connectivity index is 2.07. The first kappa shape index (κ1) is 10.9. The van der Waals surface area contributed by atoms with E-state index in [0.29, 0.717) is 23.5 Å². The van der Waals surface area contributed by atoms with Gasteiger partial charge in [-0.15, -0.1) is 11.3 Å². The number of hydrogen-bond donors (Lipinski definition) is 2. The molecule has 0 aliphatic carbocycles. The van der Waals surface area contributed by atoms with E-state index in [-0.39, 0.29) is 5.95 Å². The quantitative estimate of drug-likeness (QED) is 0.706. The molecule has 0 radical (unpaired) electrons. The summed E-state index contributed by atoms with van der Waals surface area (Å²) in [7, 11) is 0. The van der Waals surface area contributed by atoms with Crippen LogP contribution in [0.5, 0.6) is 0 Å². The lowest BCUT2D eigenvalue weighted by Gasteiger charge is -2.02. The summed E-state index contributed by atoms with van der Waals surface area (Å²) < 4.78 is 1.86. The molecular formula is C10H11N7S. The van der Waals surface area contributed by atoms with Crippen LogP contribution < -0.4 is 11.5 Å². The number of imidazole rings is 1. The third-order valence-corrected chi connectivity index (χ3v) is 3.33. The fourth-order valence-electron chi connectivity index (χ4n) is 1.75. The Hall–Kier alpha value is -2.22. The minimum absolute atomic E-state index is 0.149. The summed E-state index contributed by atoms with van der Waals surface area (Å²) in [6.07, 6.45) is 1.67. The molecular weight excluding hydrogens is 250 g/mol. The maximum atomic E-state index is 5.75. The Morgan fingerprint density at radius 1 is 1.28 bits per heavy atom. The second-order valence-corrected chi connectivity index (χ2v) is 4.93. The zero-order valence-electron chi connectivity index (χ0n) is 9.66. The highest BCUT2D eigenvalue weighted by Crippen LogP contribution is 2.18. The number of anilines is 2. The maximum Gasteiger partial charge on any atom is 0.224 e. The average Bonchev–Trinajstić information content (AvgIpc) is 2.87. The van der Waals surface area contributed by atoms with Gasteiger partial charge in [0.1, 0.15) is 5.52 Å². The van der Waals surface area contributed by atoms with E-state index in [1.54, 1.807) is 17.7 Å². The van der Waals surface area contributed by atoms with Crippen LogP contribution in [0.3, 0.4) is 0 Å². The summed E-state index contributed by atoms with van der Waals surface area (Å²) in [5.74, 6) is 0.446. The van der Waals surface area contributed by atoms with Crippen LogP contribution in [-0.2, 0) is 6.54 Å². The van der Waals surface area contributed by atoms with Crippen molar-refractivity contribution in [1.29, 1.82) is 0 Å². The minimum Gasteiger partial charge on any atom is -0.382 e. The monoisotopic (exact) mass is 261 g/mol. The molecule has 8 heteroatoms. The number of aryl methyl sites for hydroxylation is 1. The number of nitrogens with zero attached hydrogens (tertiary/aromatic N) is 5. The Morgan fingerprint density at radius 2 is 2.11 bits per heavy atom. The van der Waals surface area contributed by atoms with Crippen molar-refractivity contribution >= 4 is 34.3 Å². The third-order valence-electron chi connectivity index (χ3n) is 2.51. The molecule has 18 heavy (non-hydrogen) atoms. The number of fused-ring (bicyclic) bond motifs is 1. The lowest BCUT2D eigenvalue weighted by Crippen LogP contribution is -2.04. The summed E-state index contributed by atoms with van der Waals surface area (Å²) in [6.45, 7) is 2.56. The van der Waals surface area contributed by atoms with Gasteiger partial charge < -0.3 is 16.0 Å². The smallest absolute Gasteiger partial charge is 0.224 e. The number of aromatic nitrogens is 5. The molecule has 3 aromatic heterocycles. The molecule has 92 valence electrons. The van der Waals surface area contributed by atoms with E-state index < -0.39 is 0 Å². The maximum absolute atomic E-state index is 5.75. The van der Waals surface area contributed by atoms with Crippen LogP contribution in [0.1, 0.15) is 10.7 Å². The van der Waals surface area contributed by atoms with E-state index in [4.69, 9.17) is 11.5 Å². The molecule has 4 N–H and O–H groups in total. The van der Waals surface area contributed by atoms with Gasteiger partial charge in [-0.25, -0.2) is 9.97 Å². The lowest BCUT2D eigenvalue weighted by molar-refractivity contribution is 0.792. The van der Waals surface area contributed by atoms with Crippen molar-refractivity contribution in [2.45, 2.75) is 13.5 Å². The van der Waals surface area contributed by atoms with E-state index in [9.17, 15) is 0 Å². The van der Waals surface area contributed by atoms with Gasteiger partial charge in [0.25, 0.3) is 0 Å². The number of nitrogen functional groups attached to an aromatic ring is 2. The fraction of sp³-hybridized carbons (Fsp3) is 0.200. The van der Waals surface area contributed by atoms with Gasteiger partial charge >= 0.3 is 0 Å². The molecule has 0 aliphatic heterocycles. The van der Waals surface area contributed by atoms with Crippen LogP contribution in [0.2, 0.25) is 0 Å². The lowest BCUT2D eigenvalue weighted by atomic mass is 10.4. The van der Waals surface area contributed by atoms with Gasteiger partial charge in [-0.1, -0.05) is 0 Å². The first-order valence-electron chi connectivity index (χ1n) is 5.28. The second-order valence-electron chi connectivity index (χ2n) is 3.87. The van der Waals surface area contributed by atoms with Gasteiger partial charge in [-0.05, 0) is 6.92 Å². The van der Waals surface area contributed by atoms with Crippen molar-refractivity contribution in [2.75, 3.05) is 11.5 Å². The summed E-state index contributed by atoms with van der Waals surface area (Å²) in [5, 5.41) is 3.04. The first-order valence-corrected chi connectivity index (χ1v) is 6.16. The summed E-state index contributed by atoms with van der Waals surface area (Å²) in [4.78, 5) is 16.6. The molecule has 3 rings (SSSR count). The summed E-state index contributed by atoms with van der Waals surface area (Å²) in [6, 6.07) is 0. The standard InChI is InChI=1S/C10H11N7S/c1-5-14-6(3-18-5)2-17-4-13-7-8(11)15-10(12)16-9(7)17/h3-4H,2H2,1H3,(H4,11,12,15,16). The normalized spacial score (nSPS) is 11.2. The Labute approximate surface area is 107 Å². The highest BCUT2D eigenvalue weighted by atomic mass is 32.1.